The van der Waals surface area contributed by atoms with Crippen LogP contribution in [0.15, 0.2) is 12.2 Å². The van der Waals surface area contributed by atoms with E-state index >= 15 is 0 Å². The third-order valence-corrected chi connectivity index (χ3v) is 3.87. The number of allylic oxidation sites excluding steroid dienone is 1. The molecule has 2 aliphatic rings. The highest BCUT2D eigenvalue weighted by molar-refractivity contribution is 5.66. The molecule has 2 nitrogen and oxygen atoms in total. The second kappa shape index (κ2) is 4.33. The number of carbonyl (C=O) groups excluding carboxylic acids is 1. The van der Waals surface area contributed by atoms with Gasteiger partial charge in [-0.2, -0.15) is 0 Å². The highest BCUT2D eigenvalue weighted by Gasteiger charge is 2.45. The Hall–Kier alpha value is -1.85. The highest BCUT2D eigenvalue weighted by atomic mass is 19.2. The molecule has 0 amide bonds. The zero-order valence-corrected chi connectivity index (χ0v) is 10.4. The summed E-state index contributed by atoms with van der Waals surface area (Å²) in [7, 11) is 0. The van der Waals surface area contributed by atoms with Gasteiger partial charge >= 0.3 is 5.97 Å². The minimum absolute atomic E-state index is 0.00486. The summed E-state index contributed by atoms with van der Waals surface area (Å²) in [6.07, 6.45) is 2.49. The van der Waals surface area contributed by atoms with Crippen LogP contribution in [0.2, 0.25) is 0 Å². The Morgan fingerprint density at radius 2 is 1.75 bits per heavy atom. The van der Waals surface area contributed by atoms with Gasteiger partial charge in [0.05, 0.1) is 0 Å². The normalized spacial score (nSPS) is 26.6. The molecule has 0 saturated carbocycles. The van der Waals surface area contributed by atoms with E-state index in [9.17, 15) is 22.4 Å². The molecular formula is C14H10F4O2. The van der Waals surface area contributed by atoms with Crippen molar-refractivity contribution in [3.8, 4) is 0 Å². The molecule has 3 atom stereocenters. The van der Waals surface area contributed by atoms with Gasteiger partial charge in [0.15, 0.2) is 23.3 Å². The minimum atomic E-state index is -1.80. The summed E-state index contributed by atoms with van der Waals surface area (Å²) >= 11 is 0. The summed E-state index contributed by atoms with van der Waals surface area (Å²) in [4.78, 5) is 11.0. The molecule has 0 bridgehead atoms. The van der Waals surface area contributed by atoms with E-state index in [4.69, 9.17) is 4.74 Å². The van der Waals surface area contributed by atoms with Crippen LogP contribution in [0.25, 0.3) is 0 Å². The minimum Gasteiger partial charge on any atom is -0.458 e. The van der Waals surface area contributed by atoms with Gasteiger partial charge in [-0.25, -0.2) is 17.6 Å². The molecule has 20 heavy (non-hydrogen) atoms. The van der Waals surface area contributed by atoms with Gasteiger partial charge < -0.3 is 4.74 Å². The number of hydrogen-bond acceptors (Lipinski definition) is 2. The maximum atomic E-state index is 13.8. The average Bonchev–Trinajstić information content (AvgIpc) is 2.93. The molecule has 0 spiro atoms. The molecule has 0 aromatic heterocycles. The van der Waals surface area contributed by atoms with Crippen molar-refractivity contribution in [2.45, 2.75) is 25.4 Å². The van der Waals surface area contributed by atoms with Crippen LogP contribution >= 0.6 is 0 Å². The van der Waals surface area contributed by atoms with E-state index in [2.05, 4.69) is 0 Å². The predicted octanol–water partition coefficient (Wildman–Crippen LogP) is 3.00. The standard InChI is InChI=1S/C14H10F4O2/c1-5(19)20-9-3-2-6-7(9)4-8-10(6)12(16)14(18)13(17)11(8)15/h2-3,6-7,9H,4H2,1H3. The van der Waals surface area contributed by atoms with Crippen molar-refractivity contribution in [2.75, 3.05) is 0 Å². The molecule has 106 valence electrons. The number of halogens is 4. The van der Waals surface area contributed by atoms with E-state index in [0.717, 1.165) is 0 Å². The predicted molar refractivity (Wildman–Crippen MR) is 60.9 cm³/mol. The summed E-state index contributed by atoms with van der Waals surface area (Å²) in [5.41, 5.74) is -0.338. The van der Waals surface area contributed by atoms with Gasteiger partial charge in [0, 0.05) is 24.3 Å². The van der Waals surface area contributed by atoms with Crippen molar-refractivity contribution < 1.29 is 27.1 Å². The third kappa shape index (κ3) is 1.67. The zero-order valence-electron chi connectivity index (χ0n) is 10.4. The van der Waals surface area contributed by atoms with E-state index in [-0.39, 0.29) is 17.5 Å². The lowest BCUT2D eigenvalue weighted by Gasteiger charge is -2.18. The van der Waals surface area contributed by atoms with Crippen LogP contribution in [0.5, 0.6) is 0 Å². The lowest BCUT2D eigenvalue weighted by molar-refractivity contribution is -0.145. The molecule has 0 aliphatic heterocycles. The molecule has 6 heteroatoms. The Bertz CT molecular complexity index is 639. The third-order valence-electron chi connectivity index (χ3n) is 3.87. The average molecular weight is 286 g/mol. The van der Waals surface area contributed by atoms with Gasteiger partial charge in [-0.1, -0.05) is 6.08 Å². The van der Waals surface area contributed by atoms with Crippen LogP contribution in [0.1, 0.15) is 24.0 Å². The summed E-state index contributed by atoms with van der Waals surface area (Å²) in [5.74, 6) is -7.85. The quantitative estimate of drug-likeness (QED) is 0.261. The number of esters is 1. The van der Waals surface area contributed by atoms with Crippen LogP contribution in [0.4, 0.5) is 17.6 Å². The fourth-order valence-corrected chi connectivity index (χ4v) is 3.07. The van der Waals surface area contributed by atoms with Crippen LogP contribution in [0.3, 0.4) is 0 Å². The van der Waals surface area contributed by atoms with Gasteiger partial charge in [0.25, 0.3) is 0 Å². The van der Waals surface area contributed by atoms with Crippen LogP contribution in [-0.4, -0.2) is 12.1 Å². The van der Waals surface area contributed by atoms with E-state index in [0.29, 0.717) is 0 Å². The first kappa shape index (κ1) is 13.1. The van der Waals surface area contributed by atoms with Gasteiger partial charge in [0.1, 0.15) is 6.10 Å². The zero-order chi connectivity index (χ0) is 14.6. The molecule has 0 saturated heterocycles. The van der Waals surface area contributed by atoms with E-state index in [1.54, 1.807) is 12.2 Å². The molecule has 1 aromatic rings. The van der Waals surface area contributed by atoms with Crippen molar-refractivity contribution in [1.29, 1.82) is 0 Å². The molecule has 1 aromatic carbocycles. The van der Waals surface area contributed by atoms with Gasteiger partial charge in [0.2, 0.25) is 0 Å². The number of hydrogen-bond donors (Lipinski definition) is 0. The first-order valence-electron chi connectivity index (χ1n) is 6.12. The Labute approximate surface area is 112 Å². The first-order chi connectivity index (χ1) is 9.41. The van der Waals surface area contributed by atoms with E-state index in [1.807, 2.05) is 0 Å². The molecule has 3 unspecified atom stereocenters. The topological polar surface area (TPSA) is 26.3 Å². The molecule has 3 rings (SSSR count). The maximum absolute atomic E-state index is 13.8. The van der Waals surface area contributed by atoms with Crippen LogP contribution in [-0.2, 0) is 16.0 Å². The van der Waals surface area contributed by atoms with Gasteiger partial charge in [-0.05, 0) is 18.1 Å². The summed E-state index contributed by atoms with van der Waals surface area (Å²) in [6, 6.07) is 0. The lowest BCUT2D eigenvalue weighted by atomic mass is 9.94. The Morgan fingerprint density at radius 3 is 2.40 bits per heavy atom. The number of benzene rings is 1. The largest absolute Gasteiger partial charge is 0.458 e. The maximum Gasteiger partial charge on any atom is 0.303 e. The second-order valence-electron chi connectivity index (χ2n) is 5.00. The summed E-state index contributed by atoms with van der Waals surface area (Å²) in [6.45, 7) is 1.23. The summed E-state index contributed by atoms with van der Waals surface area (Å²) < 4.78 is 59.2. The van der Waals surface area contributed by atoms with Gasteiger partial charge in [-0.3, -0.25) is 4.79 Å². The number of ether oxygens (including phenoxy) is 1. The molecule has 0 radical (unpaired) electrons. The fourth-order valence-electron chi connectivity index (χ4n) is 3.07. The summed E-state index contributed by atoms with van der Waals surface area (Å²) in [5, 5.41) is 0. The lowest BCUT2D eigenvalue weighted by Crippen LogP contribution is -2.22. The van der Waals surface area contributed by atoms with Crippen molar-refractivity contribution in [3.63, 3.8) is 0 Å². The van der Waals surface area contributed by atoms with Gasteiger partial charge in [-0.15, -0.1) is 0 Å². The smallest absolute Gasteiger partial charge is 0.303 e. The highest BCUT2D eigenvalue weighted by Crippen LogP contribution is 2.48. The fraction of sp³-hybridized carbons (Fsp3) is 0.357. The SMILES string of the molecule is CC(=O)OC1C=CC2c3c(F)c(F)c(F)c(F)c3CC12. The molecule has 0 heterocycles. The van der Waals surface area contributed by atoms with Crippen LogP contribution in [0, 0.1) is 29.2 Å². The van der Waals surface area contributed by atoms with Crippen molar-refractivity contribution in [3.05, 3.63) is 46.5 Å². The molecule has 0 fully saturated rings. The number of rotatable bonds is 1. The molecule has 2 aliphatic carbocycles. The Morgan fingerprint density at radius 1 is 1.10 bits per heavy atom. The van der Waals surface area contributed by atoms with E-state index in [1.165, 1.54) is 6.92 Å². The van der Waals surface area contributed by atoms with Crippen molar-refractivity contribution in [1.82, 2.24) is 0 Å². The van der Waals surface area contributed by atoms with Crippen molar-refractivity contribution in [2.24, 2.45) is 5.92 Å². The molecular weight excluding hydrogens is 276 g/mol. The monoisotopic (exact) mass is 286 g/mol. The second-order valence-corrected chi connectivity index (χ2v) is 5.00. The number of carbonyl (C=O) groups is 1. The Balaban J connectivity index is 2.06. The van der Waals surface area contributed by atoms with E-state index < -0.39 is 47.2 Å². The Kier molecular flexibility index (Phi) is 2.84. The first-order valence-corrected chi connectivity index (χ1v) is 6.12. The number of fused-ring (bicyclic) bond motifs is 3. The van der Waals surface area contributed by atoms with Crippen LogP contribution < -0.4 is 0 Å². The van der Waals surface area contributed by atoms with Crippen molar-refractivity contribution >= 4 is 5.97 Å². The molecule has 0 N–H and O–H groups in total.